The van der Waals surface area contributed by atoms with E-state index < -0.39 is 6.10 Å². The SMILES string of the molecule is CCOC(=O)c1ccc(C(O)c2ccccc2)cc1. The number of hydrogen-bond donors (Lipinski definition) is 1. The molecule has 2 aromatic rings. The zero-order valence-corrected chi connectivity index (χ0v) is 10.7. The Morgan fingerprint density at radius 3 is 2.21 bits per heavy atom. The first-order chi connectivity index (χ1) is 9.22. The first kappa shape index (κ1) is 13.3. The van der Waals surface area contributed by atoms with E-state index in [4.69, 9.17) is 4.74 Å². The van der Waals surface area contributed by atoms with Crippen molar-refractivity contribution in [3.63, 3.8) is 0 Å². The summed E-state index contributed by atoms with van der Waals surface area (Å²) in [7, 11) is 0. The van der Waals surface area contributed by atoms with Crippen molar-refractivity contribution in [2.75, 3.05) is 6.61 Å². The average Bonchev–Trinajstić information content (AvgIpc) is 2.48. The molecule has 19 heavy (non-hydrogen) atoms. The predicted molar refractivity (Wildman–Crippen MR) is 72.9 cm³/mol. The number of aliphatic hydroxyl groups excluding tert-OH is 1. The van der Waals surface area contributed by atoms with E-state index in [9.17, 15) is 9.90 Å². The van der Waals surface area contributed by atoms with Crippen LogP contribution in [-0.2, 0) is 4.74 Å². The zero-order valence-electron chi connectivity index (χ0n) is 10.7. The quantitative estimate of drug-likeness (QED) is 0.855. The Hall–Kier alpha value is -2.13. The Labute approximate surface area is 112 Å². The van der Waals surface area contributed by atoms with Crippen LogP contribution < -0.4 is 0 Å². The van der Waals surface area contributed by atoms with E-state index in [1.165, 1.54) is 0 Å². The molecule has 3 heteroatoms. The smallest absolute Gasteiger partial charge is 0.338 e. The molecule has 0 saturated heterocycles. The topological polar surface area (TPSA) is 46.5 Å². The van der Waals surface area contributed by atoms with E-state index in [0.717, 1.165) is 11.1 Å². The predicted octanol–water partition coefficient (Wildman–Crippen LogP) is 2.95. The summed E-state index contributed by atoms with van der Waals surface area (Å²) in [5, 5.41) is 10.2. The van der Waals surface area contributed by atoms with E-state index in [0.29, 0.717) is 12.2 Å². The van der Waals surface area contributed by atoms with Gasteiger partial charge in [-0.15, -0.1) is 0 Å². The molecule has 98 valence electrons. The second kappa shape index (κ2) is 6.16. The van der Waals surface area contributed by atoms with Crippen molar-refractivity contribution >= 4 is 5.97 Å². The number of ether oxygens (including phenoxy) is 1. The van der Waals surface area contributed by atoms with E-state index in [-0.39, 0.29) is 5.97 Å². The standard InChI is InChI=1S/C16H16O3/c1-2-19-16(18)14-10-8-13(9-11-14)15(17)12-6-4-3-5-7-12/h3-11,15,17H,2H2,1H3. The van der Waals surface area contributed by atoms with Gasteiger partial charge in [-0.05, 0) is 30.2 Å². The molecule has 0 heterocycles. The fourth-order valence-electron chi connectivity index (χ4n) is 1.84. The van der Waals surface area contributed by atoms with Gasteiger partial charge in [0.2, 0.25) is 0 Å². The molecule has 0 amide bonds. The molecular formula is C16H16O3. The summed E-state index contributed by atoms with van der Waals surface area (Å²) in [5.74, 6) is -0.344. The van der Waals surface area contributed by atoms with Crippen molar-refractivity contribution in [2.24, 2.45) is 0 Å². The summed E-state index contributed by atoms with van der Waals surface area (Å²) >= 11 is 0. The van der Waals surface area contributed by atoms with E-state index >= 15 is 0 Å². The highest BCUT2D eigenvalue weighted by Gasteiger charge is 2.11. The van der Waals surface area contributed by atoms with Crippen molar-refractivity contribution in [3.05, 3.63) is 71.3 Å². The monoisotopic (exact) mass is 256 g/mol. The summed E-state index contributed by atoms with van der Waals surface area (Å²) in [6.45, 7) is 2.12. The maximum Gasteiger partial charge on any atom is 0.338 e. The third kappa shape index (κ3) is 3.20. The molecule has 0 radical (unpaired) electrons. The van der Waals surface area contributed by atoms with Crippen LogP contribution >= 0.6 is 0 Å². The second-order valence-corrected chi connectivity index (χ2v) is 4.16. The van der Waals surface area contributed by atoms with Gasteiger partial charge in [-0.1, -0.05) is 42.5 Å². The number of carbonyl (C=O) groups excluding carboxylic acids is 1. The van der Waals surface area contributed by atoms with Crippen molar-refractivity contribution in [1.82, 2.24) is 0 Å². The number of carbonyl (C=O) groups is 1. The molecule has 2 aromatic carbocycles. The Balaban J connectivity index is 2.16. The second-order valence-electron chi connectivity index (χ2n) is 4.16. The molecule has 2 rings (SSSR count). The highest BCUT2D eigenvalue weighted by Crippen LogP contribution is 2.21. The maximum absolute atomic E-state index is 11.5. The molecule has 0 fully saturated rings. The van der Waals surface area contributed by atoms with Crippen molar-refractivity contribution in [1.29, 1.82) is 0 Å². The van der Waals surface area contributed by atoms with Gasteiger partial charge in [0.15, 0.2) is 0 Å². The molecule has 0 aliphatic heterocycles. The van der Waals surface area contributed by atoms with Crippen LogP contribution in [0.4, 0.5) is 0 Å². The number of rotatable bonds is 4. The van der Waals surface area contributed by atoms with Gasteiger partial charge >= 0.3 is 5.97 Å². The normalized spacial score (nSPS) is 11.9. The van der Waals surface area contributed by atoms with Crippen LogP contribution in [0.25, 0.3) is 0 Å². The average molecular weight is 256 g/mol. The van der Waals surface area contributed by atoms with Gasteiger partial charge in [-0.25, -0.2) is 4.79 Å². The number of hydrogen-bond acceptors (Lipinski definition) is 3. The minimum atomic E-state index is -0.683. The molecular weight excluding hydrogens is 240 g/mol. The van der Waals surface area contributed by atoms with E-state index in [1.54, 1.807) is 31.2 Å². The van der Waals surface area contributed by atoms with Crippen LogP contribution in [0, 0.1) is 0 Å². The maximum atomic E-state index is 11.5. The van der Waals surface area contributed by atoms with Crippen LogP contribution in [0.15, 0.2) is 54.6 Å². The van der Waals surface area contributed by atoms with Crippen molar-refractivity contribution in [2.45, 2.75) is 13.0 Å². The van der Waals surface area contributed by atoms with E-state index in [1.807, 2.05) is 30.3 Å². The summed E-state index contributed by atoms with van der Waals surface area (Å²) in [5.41, 5.74) is 2.07. The molecule has 0 aliphatic carbocycles. The van der Waals surface area contributed by atoms with E-state index in [2.05, 4.69) is 0 Å². The van der Waals surface area contributed by atoms with Crippen LogP contribution in [0.1, 0.15) is 34.5 Å². The first-order valence-corrected chi connectivity index (χ1v) is 6.22. The summed E-state index contributed by atoms with van der Waals surface area (Å²) in [6, 6.07) is 16.2. The minimum Gasteiger partial charge on any atom is -0.462 e. The van der Waals surface area contributed by atoms with Crippen molar-refractivity contribution < 1.29 is 14.6 Å². The Morgan fingerprint density at radius 1 is 1.05 bits per heavy atom. The van der Waals surface area contributed by atoms with Gasteiger partial charge < -0.3 is 9.84 Å². The Bertz CT molecular complexity index is 532. The van der Waals surface area contributed by atoms with Gasteiger partial charge in [0.05, 0.1) is 12.2 Å². The van der Waals surface area contributed by atoms with Crippen molar-refractivity contribution in [3.8, 4) is 0 Å². The van der Waals surface area contributed by atoms with Gasteiger partial charge in [0.25, 0.3) is 0 Å². The number of aliphatic hydroxyl groups is 1. The molecule has 1 unspecified atom stereocenters. The summed E-state index contributed by atoms with van der Waals surface area (Å²) in [4.78, 5) is 11.5. The third-order valence-electron chi connectivity index (χ3n) is 2.85. The van der Waals surface area contributed by atoms with Crippen LogP contribution in [0.2, 0.25) is 0 Å². The molecule has 3 nitrogen and oxygen atoms in total. The zero-order chi connectivity index (χ0) is 13.7. The van der Waals surface area contributed by atoms with Crippen LogP contribution in [-0.4, -0.2) is 17.7 Å². The van der Waals surface area contributed by atoms with Gasteiger partial charge in [0.1, 0.15) is 6.10 Å². The lowest BCUT2D eigenvalue weighted by molar-refractivity contribution is 0.0526. The first-order valence-electron chi connectivity index (χ1n) is 6.22. The summed E-state index contributed by atoms with van der Waals surface area (Å²) < 4.78 is 4.91. The van der Waals surface area contributed by atoms with Gasteiger partial charge in [-0.3, -0.25) is 0 Å². The van der Waals surface area contributed by atoms with Gasteiger partial charge in [-0.2, -0.15) is 0 Å². The molecule has 0 bridgehead atoms. The minimum absolute atomic E-state index is 0.344. The molecule has 0 saturated carbocycles. The summed E-state index contributed by atoms with van der Waals surface area (Å²) in [6.07, 6.45) is -0.683. The molecule has 0 aromatic heterocycles. The van der Waals surface area contributed by atoms with Crippen LogP contribution in [0.5, 0.6) is 0 Å². The lowest BCUT2D eigenvalue weighted by Gasteiger charge is -2.11. The Kier molecular flexibility index (Phi) is 4.31. The Morgan fingerprint density at radius 2 is 1.63 bits per heavy atom. The fraction of sp³-hybridized carbons (Fsp3) is 0.188. The lowest BCUT2D eigenvalue weighted by atomic mass is 10.0. The van der Waals surface area contributed by atoms with Gasteiger partial charge in [0, 0.05) is 0 Å². The lowest BCUT2D eigenvalue weighted by Crippen LogP contribution is -2.05. The fourth-order valence-corrected chi connectivity index (χ4v) is 1.84. The third-order valence-corrected chi connectivity index (χ3v) is 2.85. The number of esters is 1. The largest absolute Gasteiger partial charge is 0.462 e. The molecule has 1 atom stereocenters. The molecule has 0 aliphatic rings. The molecule has 0 spiro atoms. The van der Waals surface area contributed by atoms with Crippen LogP contribution in [0.3, 0.4) is 0 Å². The molecule has 1 N–H and O–H groups in total. The highest BCUT2D eigenvalue weighted by molar-refractivity contribution is 5.89. The highest BCUT2D eigenvalue weighted by atomic mass is 16.5. The number of benzene rings is 2.